The Morgan fingerprint density at radius 2 is 1.77 bits per heavy atom. The van der Waals surface area contributed by atoms with Gasteiger partial charge >= 0.3 is 0 Å². The van der Waals surface area contributed by atoms with E-state index in [4.69, 9.17) is 14.2 Å². The Morgan fingerprint density at radius 1 is 1.00 bits per heavy atom. The molecule has 2 heterocycles. The smallest absolute Gasteiger partial charge is 0.231 e. The van der Waals surface area contributed by atoms with Crippen LogP contribution in [-0.4, -0.2) is 31.4 Å². The molecule has 0 N–H and O–H groups in total. The first-order valence-electron chi connectivity index (χ1n) is 7.70. The van der Waals surface area contributed by atoms with Crippen LogP contribution in [0.4, 0.5) is 0 Å². The molecule has 0 bridgehead atoms. The van der Waals surface area contributed by atoms with Crippen LogP contribution in [0, 0.1) is 0 Å². The lowest BCUT2D eigenvalue weighted by Crippen LogP contribution is -2.33. The molecular weight excluding hydrogens is 278 g/mol. The Hall–Kier alpha value is -2.20. The van der Waals surface area contributed by atoms with Crippen LogP contribution in [0.15, 0.2) is 42.5 Å². The zero-order valence-electron chi connectivity index (χ0n) is 12.5. The van der Waals surface area contributed by atoms with Crippen molar-refractivity contribution in [3.63, 3.8) is 0 Å². The van der Waals surface area contributed by atoms with Gasteiger partial charge in [0.2, 0.25) is 6.79 Å². The summed E-state index contributed by atoms with van der Waals surface area (Å²) in [5.74, 6) is 2.70. The molecule has 0 fully saturated rings. The standard InChI is InChI=1S/C18H19NO3/c1-2-4-16(5-3-1)20-9-8-19-7-6-14-10-17-18(22-13-21-17)11-15(14)12-19/h1-5,10-11H,6-9,12-13H2. The molecule has 4 nitrogen and oxygen atoms in total. The Bertz CT molecular complexity index is 657. The van der Waals surface area contributed by atoms with Crippen LogP contribution < -0.4 is 14.2 Å². The summed E-state index contributed by atoms with van der Waals surface area (Å²) in [4.78, 5) is 2.42. The maximum Gasteiger partial charge on any atom is 0.231 e. The third-order valence-corrected chi connectivity index (χ3v) is 4.21. The molecule has 0 spiro atoms. The van der Waals surface area contributed by atoms with E-state index in [0.717, 1.165) is 43.3 Å². The molecule has 0 unspecified atom stereocenters. The Morgan fingerprint density at radius 3 is 2.59 bits per heavy atom. The van der Waals surface area contributed by atoms with Crippen molar-refractivity contribution in [1.82, 2.24) is 4.90 Å². The number of para-hydroxylation sites is 1. The molecule has 0 aliphatic carbocycles. The fourth-order valence-electron chi connectivity index (χ4n) is 3.00. The fraction of sp³-hybridized carbons (Fsp3) is 0.333. The van der Waals surface area contributed by atoms with E-state index in [9.17, 15) is 0 Å². The average Bonchev–Trinajstić information content (AvgIpc) is 3.01. The van der Waals surface area contributed by atoms with Crippen LogP contribution >= 0.6 is 0 Å². The molecule has 0 atom stereocenters. The van der Waals surface area contributed by atoms with E-state index in [1.54, 1.807) is 0 Å². The van der Waals surface area contributed by atoms with Gasteiger partial charge in [0.15, 0.2) is 11.5 Å². The second-order valence-electron chi connectivity index (χ2n) is 5.66. The van der Waals surface area contributed by atoms with Crippen LogP contribution in [0.3, 0.4) is 0 Å². The van der Waals surface area contributed by atoms with Gasteiger partial charge in [-0.1, -0.05) is 18.2 Å². The van der Waals surface area contributed by atoms with Gasteiger partial charge in [-0.3, -0.25) is 4.90 Å². The molecule has 0 saturated carbocycles. The predicted octanol–water partition coefficient (Wildman–Crippen LogP) is 2.85. The van der Waals surface area contributed by atoms with Crippen LogP contribution in [-0.2, 0) is 13.0 Å². The highest BCUT2D eigenvalue weighted by Gasteiger charge is 2.22. The molecule has 2 aliphatic heterocycles. The van der Waals surface area contributed by atoms with Crippen molar-refractivity contribution in [1.29, 1.82) is 0 Å². The molecule has 2 aliphatic rings. The number of ether oxygens (including phenoxy) is 3. The maximum atomic E-state index is 5.78. The van der Waals surface area contributed by atoms with Gasteiger partial charge in [-0.25, -0.2) is 0 Å². The van der Waals surface area contributed by atoms with Crippen LogP contribution in [0.1, 0.15) is 11.1 Å². The molecular formula is C18H19NO3. The summed E-state index contributed by atoms with van der Waals surface area (Å²) >= 11 is 0. The van der Waals surface area contributed by atoms with Gasteiger partial charge in [-0.05, 0) is 41.8 Å². The first-order valence-corrected chi connectivity index (χ1v) is 7.70. The van der Waals surface area contributed by atoms with Gasteiger partial charge in [0.1, 0.15) is 12.4 Å². The number of nitrogens with zero attached hydrogens (tertiary/aromatic N) is 1. The zero-order valence-corrected chi connectivity index (χ0v) is 12.5. The van der Waals surface area contributed by atoms with E-state index in [2.05, 4.69) is 17.0 Å². The van der Waals surface area contributed by atoms with Crippen molar-refractivity contribution in [3.8, 4) is 17.2 Å². The number of rotatable bonds is 4. The van der Waals surface area contributed by atoms with Gasteiger partial charge < -0.3 is 14.2 Å². The summed E-state index contributed by atoms with van der Waals surface area (Å²) in [6.07, 6.45) is 1.05. The van der Waals surface area contributed by atoms with Crippen molar-refractivity contribution < 1.29 is 14.2 Å². The maximum absolute atomic E-state index is 5.78. The van der Waals surface area contributed by atoms with Gasteiger partial charge in [-0.2, -0.15) is 0 Å². The largest absolute Gasteiger partial charge is 0.492 e. The topological polar surface area (TPSA) is 30.9 Å². The summed E-state index contributed by atoms with van der Waals surface area (Å²) in [5.41, 5.74) is 2.72. The monoisotopic (exact) mass is 297 g/mol. The average molecular weight is 297 g/mol. The molecule has 4 rings (SSSR count). The zero-order chi connectivity index (χ0) is 14.8. The highest BCUT2D eigenvalue weighted by molar-refractivity contribution is 5.49. The number of benzene rings is 2. The third-order valence-electron chi connectivity index (χ3n) is 4.21. The minimum absolute atomic E-state index is 0.340. The Kier molecular flexibility index (Phi) is 3.60. The number of hydrogen-bond acceptors (Lipinski definition) is 4. The van der Waals surface area contributed by atoms with Crippen LogP contribution in [0.5, 0.6) is 17.2 Å². The minimum Gasteiger partial charge on any atom is -0.492 e. The van der Waals surface area contributed by atoms with Gasteiger partial charge in [0.25, 0.3) is 0 Å². The predicted molar refractivity (Wildman–Crippen MR) is 83.5 cm³/mol. The quantitative estimate of drug-likeness (QED) is 0.868. The van der Waals surface area contributed by atoms with Crippen molar-refractivity contribution in [2.45, 2.75) is 13.0 Å². The second kappa shape index (κ2) is 5.89. The summed E-state index contributed by atoms with van der Waals surface area (Å²) < 4.78 is 16.7. The highest BCUT2D eigenvalue weighted by atomic mass is 16.7. The van der Waals surface area contributed by atoms with Gasteiger partial charge in [0, 0.05) is 19.6 Å². The number of hydrogen-bond donors (Lipinski definition) is 0. The molecule has 0 aromatic heterocycles. The van der Waals surface area contributed by atoms with E-state index < -0.39 is 0 Å². The van der Waals surface area contributed by atoms with Crippen LogP contribution in [0.25, 0.3) is 0 Å². The number of fused-ring (bicyclic) bond motifs is 2. The minimum atomic E-state index is 0.340. The first kappa shape index (κ1) is 13.5. The molecule has 22 heavy (non-hydrogen) atoms. The summed E-state index contributed by atoms with van der Waals surface area (Å²) in [6, 6.07) is 14.2. The van der Waals surface area contributed by atoms with E-state index in [-0.39, 0.29) is 0 Å². The highest BCUT2D eigenvalue weighted by Crippen LogP contribution is 2.36. The summed E-state index contributed by atoms with van der Waals surface area (Å²) in [7, 11) is 0. The molecule has 0 amide bonds. The van der Waals surface area contributed by atoms with Gasteiger partial charge in [-0.15, -0.1) is 0 Å². The molecule has 2 aromatic rings. The normalized spacial score (nSPS) is 16.4. The van der Waals surface area contributed by atoms with Crippen molar-refractivity contribution >= 4 is 0 Å². The van der Waals surface area contributed by atoms with Gasteiger partial charge in [0.05, 0.1) is 0 Å². The van der Waals surface area contributed by atoms with E-state index in [0.29, 0.717) is 13.4 Å². The third kappa shape index (κ3) is 2.74. The fourth-order valence-corrected chi connectivity index (χ4v) is 3.00. The molecule has 114 valence electrons. The van der Waals surface area contributed by atoms with Crippen molar-refractivity contribution in [2.75, 3.05) is 26.5 Å². The lowest BCUT2D eigenvalue weighted by atomic mass is 9.99. The molecule has 4 heteroatoms. The lowest BCUT2D eigenvalue weighted by Gasteiger charge is -2.28. The molecule has 0 saturated heterocycles. The summed E-state index contributed by atoms with van der Waals surface area (Å²) in [6.45, 7) is 3.99. The Labute approximate surface area is 130 Å². The van der Waals surface area contributed by atoms with E-state index in [1.807, 2.05) is 30.3 Å². The van der Waals surface area contributed by atoms with Crippen molar-refractivity contribution in [3.05, 3.63) is 53.6 Å². The van der Waals surface area contributed by atoms with E-state index in [1.165, 1.54) is 11.1 Å². The van der Waals surface area contributed by atoms with Crippen molar-refractivity contribution in [2.24, 2.45) is 0 Å². The van der Waals surface area contributed by atoms with Crippen LogP contribution in [0.2, 0.25) is 0 Å². The lowest BCUT2D eigenvalue weighted by molar-refractivity contribution is 0.174. The van der Waals surface area contributed by atoms with E-state index >= 15 is 0 Å². The second-order valence-corrected chi connectivity index (χ2v) is 5.66. The first-order chi connectivity index (χ1) is 10.9. The molecule has 2 aromatic carbocycles. The SMILES string of the molecule is c1ccc(OCCN2CCc3cc4c(cc3C2)OCO4)cc1. The molecule has 0 radical (unpaired) electrons. The Balaban J connectivity index is 1.36. The summed E-state index contributed by atoms with van der Waals surface area (Å²) in [5, 5.41) is 0.